The molecule has 0 saturated carbocycles. The summed E-state index contributed by atoms with van der Waals surface area (Å²) in [6.07, 6.45) is -0.143. The SMILES string of the molecule is CC(O)(Cc1ccc(O)c(O)c1)C(=O)O. The summed E-state index contributed by atoms with van der Waals surface area (Å²) in [6, 6.07) is 3.89. The molecule has 5 nitrogen and oxygen atoms in total. The van der Waals surface area contributed by atoms with Gasteiger partial charge in [-0.25, -0.2) is 4.79 Å². The van der Waals surface area contributed by atoms with Gasteiger partial charge in [0.15, 0.2) is 17.1 Å². The number of aliphatic hydroxyl groups is 1. The number of phenols is 2. The Morgan fingerprint density at radius 1 is 1.33 bits per heavy atom. The van der Waals surface area contributed by atoms with Crippen LogP contribution in [-0.4, -0.2) is 32.0 Å². The van der Waals surface area contributed by atoms with Crippen LogP contribution in [0.3, 0.4) is 0 Å². The predicted octanol–water partition coefficient (Wildman–Crippen LogP) is 0.476. The summed E-state index contributed by atoms with van der Waals surface area (Å²) in [5.74, 6) is -1.96. The molecule has 5 heteroatoms. The third-order valence-corrected chi connectivity index (χ3v) is 2.05. The lowest BCUT2D eigenvalue weighted by Gasteiger charge is -2.17. The van der Waals surface area contributed by atoms with Gasteiger partial charge in [0.05, 0.1) is 0 Å². The highest BCUT2D eigenvalue weighted by Gasteiger charge is 2.30. The maximum Gasteiger partial charge on any atom is 0.335 e. The van der Waals surface area contributed by atoms with Crippen LogP contribution in [0.4, 0.5) is 0 Å². The maximum absolute atomic E-state index is 10.6. The van der Waals surface area contributed by atoms with Crippen molar-refractivity contribution < 1.29 is 25.2 Å². The van der Waals surface area contributed by atoms with E-state index in [4.69, 9.17) is 15.3 Å². The van der Waals surface area contributed by atoms with Crippen molar-refractivity contribution in [2.45, 2.75) is 18.9 Å². The van der Waals surface area contributed by atoms with E-state index in [1.807, 2.05) is 0 Å². The Kier molecular flexibility index (Phi) is 2.85. The average molecular weight is 212 g/mol. The van der Waals surface area contributed by atoms with Crippen molar-refractivity contribution in [1.29, 1.82) is 0 Å². The first kappa shape index (κ1) is 11.3. The lowest BCUT2D eigenvalue weighted by Crippen LogP contribution is -2.37. The summed E-state index contributed by atoms with van der Waals surface area (Å²) < 4.78 is 0. The fraction of sp³-hybridized carbons (Fsp3) is 0.300. The smallest absolute Gasteiger partial charge is 0.335 e. The zero-order valence-electron chi connectivity index (χ0n) is 8.14. The van der Waals surface area contributed by atoms with Crippen LogP contribution in [0.25, 0.3) is 0 Å². The van der Waals surface area contributed by atoms with Crippen molar-refractivity contribution in [1.82, 2.24) is 0 Å². The largest absolute Gasteiger partial charge is 0.504 e. The summed E-state index contributed by atoms with van der Waals surface area (Å²) >= 11 is 0. The Bertz CT molecular complexity index is 383. The summed E-state index contributed by atoms with van der Waals surface area (Å²) in [5, 5.41) is 36.3. The van der Waals surface area contributed by atoms with Crippen molar-refractivity contribution in [3.8, 4) is 11.5 Å². The Labute approximate surface area is 86.2 Å². The van der Waals surface area contributed by atoms with Crippen LogP contribution in [0.2, 0.25) is 0 Å². The predicted molar refractivity (Wildman–Crippen MR) is 51.7 cm³/mol. The van der Waals surface area contributed by atoms with Crippen molar-refractivity contribution in [2.75, 3.05) is 0 Å². The molecule has 0 aromatic heterocycles. The number of aromatic hydroxyl groups is 2. The van der Waals surface area contributed by atoms with Gasteiger partial charge in [0.25, 0.3) is 0 Å². The van der Waals surface area contributed by atoms with E-state index in [0.717, 1.165) is 0 Å². The molecule has 15 heavy (non-hydrogen) atoms. The lowest BCUT2D eigenvalue weighted by molar-refractivity contribution is -0.156. The molecule has 1 atom stereocenters. The third kappa shape index (κ3) is 2.60. The molecule has 0 aliphatic carbocycles. The number of rotatable bonds is 3. The summed E-state index contributed by atoms with van der Waals surface area (Å²) in [5.41, 5.74) is -1.46. The molecule has 1 aromatic rings. The second kappa shape index (κ2) is 3.78. The summed E-state index contributed by atoms with van der Waals surface area (Å²) in [4.78, 5) is 10.6. The molecule has 1 rings (SSSR count). The molecule has 0 spiro atoms. The number of benzene rings is 1. The Morgan fingerprint density at radius 2 is 1.93 bits per heavy atom. The van der Waals surface area contributed by atoms with Gasteiger partial charge in [0.1, 0.15) is 0 Å². The van der Waals surface area contributed by atoms with Gasteiger partial charge in [0.2, 0.25) is 0 Å². The minimum Gasteiger partial charge on any atom is -0.504 e. The number of aliphatic carboxylic acids is 1. The molecule has 4 N–H and O–H groups in total. The van der Waals surface area contributed by atoms with E-state index in [0.29, 0.717) is 5.56 Å². The highest BCUT2D eigenvalue weighted by Crippen LogP contribution is 2.26. The normalized spacial score (nSPS) is 14.5. The number of hydrogen-bond acceptors (Lipinski definition) is 4. The van der Waals surface area contributed by atoms with Gasteiger partial charge in [0, 0.05) is 6.42 Å². The highest BCUT2D eigenvalue weighted by atomic mass is 16.4. The average Bonchev–Trinajstić information content (AvgIpc) is 2.10. The second-order valence-corrected chi connectivity index (χ2v) is 3.58. The lowest BCUT2D eigenvalue weighted by atomic mass is 9.96. The van der Waals surface area contributed by atoms with Gasteiger partial charge in [-0.3, -0.25) is 0 Å². The van der Waals surface area contributed by atoms with Crippen LogP contribution in [0, 0.1) is 0 Å². The minimum absolute atomic E-state index is 0.143. The van der Waals surface area contributed by atoms with Crippen LogP contribution in [-0.2, 0) is 11.2 Å². The van der Waals surface area contributed by atoms with Gasteiger partial charge in [-0.2, -0.15) is 0 Å². The van der Waals surface area contributed by atoms with Crippen LogP contribution < -0.4 is 0 Å². The molecule has 0 fully saturated rings. The van der Waals surface area contributed by atoms with E-state index in [1.165, 1.54) is 25.1 Å². The first-order valence-corrected chi connectivity index (χ1v) is 4.29. The molecule has 0 aliphatic heterocycles. The van der Waals surface area contributed by atoms with E-state index < -0.39 is 11.6 Å². The first-order chi connectivity index (χ1) is 6.83. The zero-order valence-corrected chi connectivity index (χ0v) is 8.14. The molecule has 0 saturated heterocycles. The fourth-order valence-corrected chi connectivity index (χ4v) is 1.15. The zero-order chi connectivity index (χ0) is 11.6. The molecule has 82 valence electrons. The molecule has 0 amide bonds. The van der Waals surface area contributed by atoms with Crippen LogP contribution in [0.15, 0.2) is 18.2 Å². The highest BCUT2D eigenvalue weighted by molar-refractivity contribution is 5.77. The quantitative estimate of drug-likeness (QED) is 0.546. The van der Waals surface area contributed by atoms with Crippen molar-refractivity contribution in [3.05, 3.63) is 23.8 Å². The molecule has 0 heterocycles. The van der Waals surface area contributed by atoms with E-state index in [2.05, 4.69) is 0 Å². The molecular formula is C10H12O5. The van der Waals surface area contributed by atoms with Gasteiger partial charge in [-0.05, 0) is 24.6 Å². The molecule has 1 aromatic carbocycles. The molecule has 0 bridgehead atoms. The Morgan fingerprint density at radius 3 is 2.40 bits per heavy atom. The monoisotopic (exact) mass is 212 g/mol. The van der Waals surface area contributed by atoms with Gasteiger partial charge >= 0.3 is 5.97 Å². The Hall–Kier alpha value is -1.75. The summed E-state index contributed by atoms with van der Waals surface area (Å²) in [7, 11) is 0. The van der Waals surface area contributed by atoms with Crippen molar-refractivity contribution >= 4 is 5.97 Å². The van der Waals surface area contributed by atoms with Gasteiger partial charge < -0.3 is 20.4 Å². The van der Waals surface area contributed by atoms with Gasteiger partial charge in [-0.15, -0.1) is 0 Å². The van der Waals surface area contributed by atoms with Crippen LogP contribution in [0.1, 0.15) is 12.5 Å². The molecule has 0 radical (unpaired) electrons. The maximum atomic E-state index is 10.6. The molecular weight excluding hydrogens is 200 g/mol. The number of hydrogen-bond donors (Lipinski definition) is 4. The number of carbonyl (C=O) groups is 1. The molecule has 0 aliphatic rings. The number of carboxylic acids is 1. The standard InChI is InChI=1S/C10H12O5/c1-10(15,9(13)14)5-6-2-3-7(11)8(12)4-6/h2-4,11-12,15H,5H2,1H3,(H,13,14). The van der Waals surface area contributed by atoms with Crippen molar-refractivity contribution in [3.63, 3.8) is 0 Å². The van der Waals surface area contributed by atoms with E-state index in [1.54, 1.807) is 0 Å². The Balaban J connectivity index is 2.91. The fourth-order valence-electron chi connectivity index (χ4n) is 1.15. The third-order valence-electron chi connectivity index (χ3n) is 2.05. The number of carboxylic acid groups (broad SMARTS) is 1. The summed E-state index contributed by atoms with van der Waals surface area (Å²) in [6.45, 7) is 1.17. The van der Waals surface area contributed by atoms with E-state index in [-0.39, 0.29) is 17.9 Å². The van der Waals surface area contributed by atoms with E-state index >= 15 is 0 Å². The van der Waals surface area contributed by atoms with E-state index in [9.17, 15) is 9.90 Å². The van der Waals surface area contributed by atoms with Crippen molar-refractivity contribution in [2.24, 2.45) is 0 Å². The van der Waals surface area contributed by atoms with Crippen LogP contribution in [0.5, 0.6) is 11.5 Å². The second-order valence-electron chi connectivity index (χ2n) is 3.58. The number of phenolic OH excluding ortho intramolecular Hbond substituents is 2. The first-order valence-electron chi connectivity index (χ1n) is 4.29. The molecule has 1 unspecified atom stereocenters. The van der Waals surface area contributed by atoms with Crippen LogP contribution >= 0.6 is 0 Å². The van der Waals surface area contributed by atoms with Gasteiger partial charge in [-0.1, -0.05) is 6.07 Å². The topological polar surface area (TPSA) is 98.0 Å². The minimum atomic E-state index is -1.89.